The number of ether oxygens (including phenoxy) is 1. The normalized spacial score (nSPS) is 16.9. The highest BCUT2D eigenvalue weighted by Crippen LogP contribution is 2.25. The molecule has 1 atom stereocenters. The quantitative estimate of drug-likeness (QED) is 0.861. The summed E-state index contributed by atoms with van der Waals surface area (Å²) in [5.41, 5.74) is 1.96. The van der Waals surface area contributed by atoms with Gasteiger partial charge in [0.25, 0.3) is 5.91 Å². The lowest BCUT2D eigenvalue weighted by Crippen LogP contribution is -2.14. The summed E-state index contributed by atoms with van der Waals surface area (Å²) >= 11 is 5.98. The van der Waals surface area contributed by atoms with E-state index in [-0.39, 0.29) is 17.7 Å². The zero-order valence-electron chi connectivity index (χ0n) is 12.9. The summed E-state index contributed by atoms with van der Waals surface area (Å²) < 4.78 is 6.51. The molecule has 7 heteroatoms. The van der Waals surface area contributed by atoms with Crippen molar-refractivity contribution in [1.29, 1.82) is 0 Å². The van der Waals surface area contributed by atoms with Crippen LogP contribution in [-0.2, 0) is 11.2 Å². The Morgan fingerprint density at radius 3 is 2.88 bits per heavy atom. The number of pyridine rings is 1. The first kappa shape index (κ1) is 16.3. The van der Waals surface area contributed by atoms with E-state index in [1.54, 1.807) is 30.4 Å². The number of allylic oxidation sites excluding steroid dienone is 4. The van der Waals surface area contributed by atoms with Crippen LogP contribution in [0.2, 0.25) is 0 Å². The minimum Gasteiger partial charge on any atom is -0.481 e. The maximum absolute atomic E-state index is 12.8. The van der Waals surface area contributed by atoms with Crippen molar-refractivity contribution in [3.63, 3.8) is 0 Å². The molecule has 0 saturated heterocycles. The average molecular weight is 347 g/mol. The van der Waals surface area contributed by atoms with E-state index in [0.29, 0.717) is 34.5 Å². The fraction of sp³-hybridized carbons (Fsp3) is 0.235. The highest BCUT2D eigenvalue weighted by Gasteiger charge is 2.20. The monoisotopic (exact) mass is 346 g/mol. The number of aromatic nitrogens is 2. The first-order valence-electron chi connectivity index (χ1n) is 7.33. The van der Waals surface area contributed by atoms with E-state index in [1.165, 1.54) is 17.9 Å². The van der Waals surface area contributed by atoms with Gasteiger partial charge in [-0.25, -0.2) is 4.98 Å². The second-order valence-corrected chi connectivity index (χ2v) is 5.95. The van der Waals surface area contributed by atoms with Crippen molar-refractivity contribution in [3.05, 3.63) is 47.7 Å². The summed E-state index contributed by atoms with van der Waals surface area (Å²) in [5, 5.41) is 8.97. The first-order valence-corrected chi connectivity index (χ1v) is 7.77. The van der Waals surface area contributed by atoms with Crippen LogP contribution < -0.4 is 4.74 Å². The highest BCUT2D eigenvalue weighted by atomic mass is 35.5. The Morgan fingerprint density at radius 1 is 1.46 bits per heavy atom. The van der Waals surface area contributed by atoms with Gasteiger partial charge in [0.05, 0.1) is 29.9 Å². The number of rotatable bonds is 4. The minimum atomic E-state index is -0.993. The summed E-state index contributed by atoms with van der Waals surface area (Å²) in [7, 11) is 1.48. The van der Waals surface area contributed by atoms with Crippen molar-refractivity contribution in [2.75, 3.05) is 7.11 Å². The Labute approximate surface area is 143 Å². The fourth-order valence-electron chi connectivity index (χ4n) is 2.62. The van der Waals surface area contributed by atoms with Crippen molar-refractivity contribution >= 4 is 34.5 Å². The number of hydrogen-bond donors (Lipinski definition) is 1. The fourth-order valence-corrected chi connectivity index (χ4v) is 2.78. The molecular formula is C17H15ClN2O4. The number of carboxylic acid groups (broad SMARTS) is 1. The second-order valence-electron chi connectivity index (χ2n) is 5.39. The van der Waals surface area contributed by atoms with Crippen LogP contribution in [0.25, 0.3) is 11.0 Å². The van der Waals surface area contributed by atoms with Gasteiger partial charge in [0, 0.05) is 23.4 Å². The summed E-state index contributed by atoms with van der Waals surface area (Å²) in [6.45, 7) is 0. The van der Waals surface area contributed by atoms with Gasteiger partial charge in [0.2, 0.25) is 5.88 Å². The number of aliphatic carboxylic acids is 1. The van der Waals surface area contributed by atoms with Gasteiger partial charge >= 0.3 is 5.97 Å². The van der Waals surface area contributed by atoms with Crippen LogP contribution in [0, 0.1) is 0 Å². The number of methoxy groups -OCH3 is 1. The molecule has 124 valence electrons. The van der Waals surface area contributed by atoms with Gasteiger partial charge < -0.3 is 9.84 Å². The Hall–Kier alpha value is -2.60. The van der Waals surface area contributed by atoms with Crippen LogP contribution in [-0.4, -0.2) is 39.0 Å². The lowest BCUT2D eigenvalue weighted by molar-refractivity contribution is -0.136. The van der Waals surface area contributed by atoms with Crippen molar-refractivity contribution in [2.24, 2.45) is 0 Å². The van der Waals surface area contributed by atoms with E-state index in [9.17, 15) is 9.59 Å². The van der Waals surface area contributed by atoms with Crippen LogP contribution in [0.1, 0.15) is 16.8 Å². The predicted octanol–water partition coefficient (Wildman–Crippen LogP) is 2.81. The van der Waals surface area contributed by atoms with E-state index in [1.807, 2.05) is 0 Å². The second kappa shape index (κ2) is 6.49. The molecule has 0 aromatic carbocycles. The molecule has 2 aromatic rings. The van der Waals surface area contributed by atoms with Gasteiger partial charge in [-0.1, -0.05) is 18.2 Å². The molecule has 0 amide bonds. The standard InChI is InChI=1S/C17H15ClN2O4/c1-24-14-7-6-13-16(19-14)11(8-15(21)22)9-20(13)17(23)10-2-4-12(18)5-3-10/h2-4,6-7,9,12H,5,8H2,1H3,(H,21,22). The third-order valence-corrected chi connectivity index (χ3v) is 4.08. The Morgan fingerprint density at radius 2 is 2.25 bits per heavy atom. The molecule has 0 fully saturated rings. The van der Waals surface area contributed by atoms with Gasteiger partial charge in [-0.2, -0.15) is 0 Å². The molecule has 2 heterocycles. The molecule has 1 unspecified atom stereocenters. The van der Waals surface area contributed by atoms with Gasteiger partial charge in [-0.15, -0.1) is 11.6 Å². The van der Waals surface area contributed by atoms with Crippen molar-refractivity contribution in [3.8, 4) is 5.88 Å². The maximum atomic E-state index is 12.8. The van der Waals surface area contributed by atoms with E-state index < -0.39 is 5.97 Å². The van der Waals surface area contributed by atoms with Gasteiger partial charge in [0.1, 0.15) is 0 Å². The number of carbonyl (C=O) groups excluding carboxylic acids is 1. The highest BCUT2D eigenvalue weighted by molar-refractivity contribution is 6.22. The largest absolute Gasteiger partial charge is 0.481 e. The summed E-state index contributed by atoms with van der Waals surface area (Å²) in [6.07, 6.45) is 7.10. The summed E-state index contributed by atoms with van der Waals surface area (Å²) in [4.78, 5) is 28.2. The lowest BCUT2D eigenvalue weighted by atomic mass is 10.1. The van der Waals surface area contributed by atoms with E-state index in [0.717, 1.165) is 0 Å². The third-order valence-electron chi connectivity index (χ3n) is 3.76. The van der Waals surface area contributed by atoms with Crippen LogP contribution in [0.5, 0.6) is 5.88 Å². The molecule has 0 saturated carbocycles. The van der Waals surface area contributed by atoms with Crippen LogP contribution in [0.4, 0.5) is 0 Å². The van der Waals surface area contributed by atoms with E-state index in [4.69, 9.17) is 21.4 Å². The van der Waals surface area contributed by atoms with Gasteiger partial charge in [-0.05, 0) is 12.5 Å². The molecule has 0 spiro atoms. The number of halogens is 1. The summed E-state index contributed by atoms with van der Waals surface area (Å²) in [5.74, 6) is -0.877. The number of fused-ring (bicyclic) bond motifs is 1. The van der Waals surface area contributed by atoms with Gasteiger partial charge in [0.15, 0.2) is 0 Å². The Kier molecular flexibility index (Phi) is 4.40. The molecule has 2 aromatic heterocycles. The molecule has 0 radical (unpaired) electrons. The number of nitrogens with zero attached hydrogens (tertiary/aromatic N) is 2. The van der Waals surface area contributed by atoms with Crippen molar-refractivity contribution in [1.82, 2.24) is 9.55 Å². The number of carbonyl (C=O) groups is 2. The Balaban J connectivity index is 2.09. The van der Waals surface area contributed by atoms with Gasteiger partial charge in [-0.3, -0.25) is 14.2 Å². The topological polar surface area (TPSA) is 81.4 Å². The molecule has 1 aliphatic rings. The lowest BCUT2D eigenvalue weighted by Gasteiger charge is -2.10. The molecule has 24 heavy (non-hydrogen) atoms. The molecule has 1 N–H and O–H groups in total. The molecule has 0 bridgehead atoms. The molecule has 0 aliphatic heterocycles. The number of alkyl halides is 1. The van der Waals surface area contributed by atoms with Crippen LogP contribution in [0.15, 0.2) is 42.1 Å². The zero-order valence-corrected chi connectivity index (χ0v) is 13.7. The molecule has 1 aliphatic carbocycles. The Bertz CT molecular complexity index is 882. The van der Waals surface area contributed by atoms with Crippen LogP contribution in [0.3, 0.4) is 0 Å². The smallest absolute Gasteiger partial charge is 0.307 e. The SMILES string of the molecule is COc1ccc2c(n1)c(CC(=O)O)cn2C(=O)C1=CCC(Cl)C=C1. The van der Waals surface area contributed by atoms with E-state index >= 15 is 0 Å². The molecular weight excluding hydrogens is 332 g/mol. The third kappa shape index (κ3) is 3.05. The van der Waals surface area contributed by atoms with E-state index in [2.05, 4.69) is 4.98 Å². The average Bonchev–Trinajstić information content (AvgIpc) is 2.92. The summed E-state index contributed by atoms with van der Waals surface area (Å²) in [6, 6.07) is 3.33. The molecule has 6 nitrogen and oxygen atoms in total. The van der Waals surface area contributed by atoms with Crippen molar-refractivity contribution < 1.29 is 19.4 Å². The van der Waals surface area contributed by atoms with Crippen molar-refractivity contribution in [2.45, 2.75) is 18.2 Å². The number of hydrogen-bond acceptors (Lipinski definition) is 4. The number of carboxylic acids is 1. The first-order chi connectivity index (χ1) is 11.5. The van der Waals surface area contributed by atoms with Crippen LogP contribution >= 0.6 is 11.6 Å². The predicted molar refractivity (Wildman–Crippen MR) is 89.7 cm³/mol. The zero-order chi connectivity index (χ0) is 17.3. The maximum Gasteiger partial charge on any atom is 0.307 e. The minimum absolute atomic E-state index is 0.114. The molecule has 3 rings (SSSR count).